The number of benzene rings is 1. The number of hydrogen-bond acceptors (Lipinski definition) is 4. The van der Waals surface area contributed by atoms with E-state index in [-0.39, 0.29) is 5.56 Å². The quantitative estimate of drug-likeness (QED) is 0.711. The fourth-order valence-electron chi connectivity index (χ4n) is 2.12. The van der Waals surface area contributed by atoms with Gasteiger partial charge >= 0.3 is 0 Å². The lowest BCUT2D eigenvalue weighted by molar-refractivity contribution is 0.497. The lowest BCUT2D eigenvalue weighted by Crippen LogP contribution is -2.21. The van der Waals surface area contributed by atoms with Crippen LogP contribution in [0, 0.1) is 0 Å². The molecule has 0 saturated carbocycles. The molecule has 0 radical (unpaired) electrons. The van der Waals surface area contributed by atoms with E-state index in [2.05, 4.69) is 15.3 Å². The summed E-state index contributed by atoms with van der Waals surface area (Å²) in [4.78, 5) is 19.1. The minimum absolute atomic E-state index is 0.153. The average Bonchev–Trinajstić information content (AvgIpc) is 2.96. The van der Waals surface area contributed by atoms with Gasteiger partial charge in [0.25, 0.3) is 5.56 Å². The number of furan rings is 1. The van der Waals surface area contributed by atoms with E-state index in [9.17, 15) is 4.79 Å². The number of nitrogens with zero attached hydrogens (tertiary/aromatic N) is 1. The van der Waals surface area contributed by atoms with Gasteiger partial charge in [0.2, 0.25) is 0 Å². The molecule has 0 saturated heterocycles. The van der Waals surface area contributed by atoms with Crippen LogP contribution < -0.4 is 10.9 Å². The predicted molar refractivity (Wildman–Crippen MR) is 81.5 cm³/mol. The minimum Gasteiger partial charge on any atom is -0.469 e. The highest BCUT2D eigenvalue weighted by molar-refractivity contribution is 6.31. The summed E-state index contributed by atoms with van der Waals surface area (Å²) in [5.41, 5.74) is 0.452. The Kier molecular flexibility index (Phi) is 4.03. The number of hydrogen-bond donors (Lipinski definition) is 2. The second-order valence-corrected chi connectivity index (χ2v) is 5.12. The van der Waals surface area contributed by atoms with Crippen molar-refractivity contribution >= 4 is 22.5 Å². The number of aromatic amines is 1. The standard InChI is InChI=1S/C15H14ClN3O2/c16-10-3-4-12-13(8-10)18-14(19-15(12)20)9-17-6-5-11-2-1-7-21-11/h1-4,7-8,17H,5-6,9H2,(H,18,19,20). The molecular formula is C15H14ClN3O2. The first-order valence-corrected chi connectivity index (χ1v) is 7.02. The van der Waals surface area contributed by atoms with Gasteiger partial charge in [-0.3, -0.25) is 4.79 Å². The van der Waals surface area contributed by atoms with Crippen LogP contribution in [0.3, 0.4) is 0 Å². The molecule has 5 nitrogen and oxygen atoms in total. The molecule has 6 heteroatoms. The second kappa shape index (κ2) is 6.11. The summed E-state index contributed by atoms with van der Waals surface area (Å²) >= 11 is 5.93. The van der Waals surface area contributed by atoms with Crippen molar-refractivity contribution in [3.63, 3.8) is 0 Å². The highest BCUT2D eigenvalue weighted by Gasteiger charge is 2.04. The molecule has 108 valence electrons. The lowest BCUT2D eigenvalue weighted by atomic mass is 10.2. The largest absolute Gasteiger partial charge is 0.469 e. The minimum atomic E-state index is -0.153. The third-order valence-corrected chi connectivity index (χ3v) is 3.37. The molecule has 0 atom stereocenters. The van der Waals surface area contributed by atoms with Crippen molar-refractivity contribution in [1.82, 2.24) is 15.3 Å². The zero-order valence-corrected chi connectivity index (χ0v) is 12.0. The molecule has 0 aliphatic carbocycles. The summed E-state index contributed by atoms with van der Waals surface area (Å²) in [5.74, 6) is 1.52. The third-order valence-electron chi connectivity index (χ3n) is 3.14. The Bertz CT molecular complexity index is 796. The van der Waals surface area contributed by atoms with Crippen molar-refractivity contribution in [2.24, 2.45) is 0 Å². The van der Waals surface area contributed by atoms with Crippen LogP contribution in [0.25, 0.3) is 10.9 Å². The molecule has 2 heterocycles. The van der Waals surface area contributed by atoms with Crippen molar-refractivity contribution in [3.8, 4) is 0 Å². The number of aromatic nitrogens is 2. The van der Waals surface area contributed by atoms with Gasteiger partial charge in [-0.2, -0.15) is 0 Å². The van der Waals surface area contributed by atoms with Crippen LogP contribution in [0.5, 0.6) is 0 Å². The fraction of sp³-hybridized carbons (Fsp3) is 0.200. The molecule has 0 aliphatic rings. The molecule has 0 spiro atoms. The number of rotatable bonds is 5. The summed E-state index contributed by atoms with van der Waals surface area (Å²) in [7, 11) is 0. The van der Waals surface area contributed by atoms with Crippen LogP contribution >= 0.6 is 11.6 Å². The number of nitrogens with one attached hydrogen (secondary N) is 2. The molecule has 0 fully saturated rings. The van der Waals surface area contributed by atoms with Crippen LogP contribution in [-0.2, 0) is 13.0 Å². The molecule has 1 aromatic carbocycles. The maximum absolute atomic E-state index is 11.9. The molecule has 3 aromatic rings. The molecular weight excluding hydrogens is 290 g/mol. The first-order valence-electron chi connectivity index (χ1n) is 6.64. The second-order valence-electron chi connectivity index (χ2n) is 4.68. The summed E-state index contributed by atoms with van der Waals surface area (Å²) in [6.45, 7) is 1.23. The van der Waals surface area contributed by atoms with Gasteiger partial charge < -0.3 is 14.7 Å². The van der Waals surface area contributed by atoms with Gasteiger partial charge in [-0.1, -0.05) is 11.6 Å². The van der Waals surface area contributed by atoms with Crippen LogP contribution in [0.4, 0.5) is 0 Å². The van der Waals surface area contributed by atoms with Crippen LogP contribution in [0.2, 0.25) is 5.02 Å². The van der Waals surface area contributed by atoms with Crippen molar-refractivity contribution in [2.75, 3.05) is 6.54 Å². The molecule has 2 N–H and O–H groups in total. The first kappa shape index (κ1) is 13.9. The first-order chi connectivity index (χ1) is 10.2. The number of halogens is 1. The number of fused-ring (bicyclic) bond motifs is 1. The Hall–Kier alpha value is -2.11. The van der Waals surface area contributed by atoms with E-state index in [1.807, 2.05) is 12.1 Å². The van der Waals surface area contributed by atoms with E-state index in [0.717, 1.165) is 18.7 Å². The highest BCUT2D eigenvalue weighted by Crippen LogP contribution is 2.14. The Morgan fingerprint density at radius 3 is 3.05 bits per heavy atom. The van der Waals surface area contributed by atoms with E-state index in [1.165, 1.54) is 0 Å². The maximum atomic E-state index is 11.9. The van der Waals surface area contributed by atoms with Crippen LogP contribution in [0.1, 0.15) is 11.6 Å². The van der Waals surface area contributed by atoms with Gasteiger partial charge in [-0.15, -0.1) is 0 Å². The molecule has 21 heavy (non-hydrogen) atoms. The monoisotopic (exact) mass is 303 g/mol. The van der Waals surface area contributed by atoms with E-state index < -0.39 is 0 Å². The molecule has 0 unspecified atom stereocenters. The molecule has 0 amide bonds. The summed E-state index contributed by atoms with van der Waals surface area (Å²) in [5, 5.41) is 4.33. The van der Waals surface area contributed by atoms with E-state index in [4.69, 9.17) is 16.0 Å². The van der Waals surface area contributed by atoms with Gasteiger partial charge in [-0.25, -0.2) is 4.98 Å². The third kappa shape index (κ3) is 3.32. The number of H-pyrrole nitrogens is 1. The molecule has 3 rings (SSSR count). The molecule has 0 bridgehead atoms. The van der Waals surface area contributed by atoms with E-state index in [0.29, 0.717) is 28.3 Å². The summed E-state index contributed by atoms with van der Waals surface area (Å²) in [6, 6.07) is 8.85. The van der Waals surface area contributed by atoms with Crippen LogP contribution in [0.15, 0.2) is 45.8 Å². The van der Waals surface area contributed by atoms with Gasteiger partial charge in [0.1, 0.15) is 11.6 Å². The lowest BCUT2D eigenvalue weighted by Gasteiger charge is -2.05. The Balaban J connectivity index is 1.68. The average molecular weight is 304 g/mol. The maximum Gasteiger partial charge on any atom is 0.258 e. The van der Waals surface area contributed by atoms with Crippen LogP contribution in [-0.4, -0.2) is 16.5 Å². The zero-order chi connectivity index (χ0) is 14.7. The Morgan fingerprint density at radius 2 is 2.24 bits per heavy atom. The van der Waals surface area contributed by atoms with Gasteiger partial charge in [-0.05, 0) is 30.3 Å². The smallest absolute Gasteiger partial charge is 0.258 e. The highest BCUT2D eigenvalue weighted by atomic mass is 35.5. The summed E-state index contributed by atoms with van der Waals surface area (Å²) < 4.78 is 5.25. The topological polar surface area (TPSA) is 70.9 Å². The zero-order valence-electron chi connectivity index (χ0n) is 11.2. The summed E-state index contributed by atoms with van der Waals surface area (Å²) in [6.07, 6.45) is 2.44. The predicted octanol–water partition coefficient (Wildman–Crippen LogP) is 2.50. The fourth-order valence-corrected chi connectivity index (χ4v) is 2.28. The van der Waals surface area contributed by atoms with Gasteiger partial charge in [0.15, 0.2) is 0 Å². The van der Waals surface area contributed by atoms with Gasteiger partial charge in [0.05, 0.1) is 23.7 Å². The van der Waals surface area contributed by atoms with Gasteiger partial charge in [0, 0.05) is 18.0 Å². The Labute approximate surface area is 126 Å². The van der Waals surface area contributed by atoms with Crippen molar-refractivity contribution in [2.45, 2.75) is 13.0 Å². The van der Waals surface area contributed by atoms with E-state index >= 15 is 0 Å². The van der Waals surface area contributed by atoms with Crippen molar-refractivity contribution in [1.29, 1.82) is 0 Å². The SMILES string of the molecule is O=c1[nH]c(CNCCc2ccco2)nc2cc(Cl)ccc12. The molecule has 2 aromatic heterocycles. The van der Waals surface area contributed by atoms with Crippen molar-refractivity contribution < 1.29 is 4.42 Å². The molecule has 0 aliphatic heterocycles. The van der Waals surface area contributed by atoms with Crippen molar-refractivity contribution in [3.05, 3.63) is 63.6 Å². The Morgan fingerprint density at radius 1 is 1.33 bits per heavy atom. The van der Waals surface area contributed by atoms with E-state index in [1.54, 1.807) is 24.5 Å². The normalized spacial score (nSPS) is 11.1.